The summed E-state index contributed by atoms with van der Waals surface area (Å²) in [6.45, 7) is 7.90. The van der Waals surface area contributed by atoms with Gasteiger partial charge in [0.25, 0.3) is 0 Å². The summed E-state index contributed by atoms with van der Waals surface area (Å²) in [5, 5.41) is 39.9. The van der Waals surface area contributed by atoms with E-state index in [0.717, 1.165) is 36.8 Å². The smallest absolute Gasteiger partial charge is 0.336 e. The molecule has 6 rings (SSSR count). The van der Waals surface area contributed by atoms with Crippen molar-refractivity contribution in [2.75, 3.05) is 20.3 Å². The van der Waals surface area contributed by atoms with Crippen LogP contribution in [0.2, 0.25) is 0 Å². The van der Waals surface area contributed by atoms with Gasteiger partial charge < -0.3 is 39.4 Å². The predicted molar refractivity (Wildman–Crippen MR) is 162 cm³/mol. The van der Waals surface area contributed by atoms with Crippen LogP contribution in [0.25, 0.3) is 0 Å². The Morgan fingerprint density at radius 2 is 1.82 bits per heavy atom. The number of carbonyl (C=O) groups is 2. The highest BCUT2D eigenvalue weighted by atomic mass is 16.7. The summed E-state index contributed by atoms with van der Waals surface area (Å²) in [6.07, 6.45) is 4.16. The molecule has 0 bridgehead atoms. The summed E-state index contributed by atoms with van der Waals surface area (Å²) in [4.78, 5) is 26.7. The summed E-state index contributed by atoms with van der Waals surface area (Å²) < 4.78 is 23.3. The Bertz CT molecular complexity index is 1270. The number of fused-ring (bicyclic) bond motifs is 5. The van der Waals surface area contributed by atoms with Gasteiger partial charge in [0.2, 0.25) is 0 Å². The molecule has 0 amide bonds. The molecule has 0 radical (unpaired) electrons. The van der Waals surface area contributed by atoms with Gasteiger partial charge in [-0.15, -0.1) is 0 Å². The molecule has 10 heteroatoms. The lowest BCUT2D eigenvalue weighted by atomic mass is 9.46. The SMILES string of the molecule is CO[C@@H]1C=C2C=CCC(=O)[C@]2(C)[C@H]2CC[C@]3(C)[C@@H]([C@H](C)[C@H]4CC(C)=C(CO[C@@H]5O[C@H](CO)[C@@H](O)[C@H](O)[C@H]5O)C(=O)O4)CC[C@H]3[C@H]12. The van der Waals surface area contributed by atoms with Gasteiger partial charge in [-0.1, -0.05) is 37.6 Å². The van der Waals surface area contributed by atoms with Crippen LogP contribution in [-0.4, -0.2) is 95.4 Å². The number of cyclic esters (lactones) is 1. The molecule has 0 aromatic rings. The number of ether oxygens (including phenoxy) is 4. The number of ketones is 1. The summed E-state index contributed by atoms with van der Waals surface area (Å²) >= 11 is 0. The fourth-order valence-electron chi connectivity index (χ4n) is 10.2. The lowest BCUT2D eigenvalue weighted by Gasteiger charge is -2.58. The minimum absolute atomic E-state index is 0.0309. The molecule has 3 fully saturated rings. The molecular weight excluding hydrogens is 580 g/mol. The molecule has 2 saturated carbocycles. The van der Waals surface area contributed by atoms with Crippen molar-refractivity contribution in [3.05, 3.63) is 34.9 Å². The second-order valence-electron chi connectivity index (χ2n) is 14.8. The zero-order valence-corrected chi connectivity index (χ0v) is 27.1. The van der Waals surface area contributed by atoms with Gasteiger partial charge in [0.15, 0.2) is 6.29 Å². The van der Waals surface area contributed by atoms with Crippen LogP contribution in [0.4, 0.5) is 0 Å². The Labute approximate surface area is 265 Å². The molecule has 14 atom stereocenters. The largest absolute Gasteiger partial charge is 0.458 e. The van der Waals surface area contributed by atoms with E-state index >= 15 is 0 Å². The van der Waals surface area contributed by atoms with Gasteiger partial charge in [-0.25, -0.2) is 4.79 Å². The van der Waals surface area contributed by atoms with Crippen LogP contribution in [0.5, 0.6) is 0 Å². The quantitative estimate of drug-likeness (QED) is 0.309. The minimum Gasteiger partial charge on any atom is -0.458 e. The Balaban J connectivity index is 1.16. The highest BCUT2D eigenvalue weighted by molar-refractivity contribution is 5.92. The molecular formula is C35H50O10. The van der Waals surface area contributed by atoms with Gasteiger partial charge >= 0.3 is 5.97 Å². The number of rotatable bonds is 7. The number of allylic oxidation sites excluding steroid dienone is 3. The lowest BCUT2D eigenvalue weighted by Crippen LogP contribution is -2.59. The second kappa shape index (κ2) is 12.3. The molecule has 2 heterocycles. The Hall–Kier alpha value is -1.92. The van der Waals surface area contributed by atoms with Crippen LogP contribution in [0.15, 0.2) is 34.9 Å². The standard InChI is InChI=1S/C35H50O10/c1-17-13-24(44-32(41)20(17)16-43-33-31(40)30(39)29(38)26(15-36)45-33)18(2)21-9-10-22-28-23(11-12-34(21,22)3)35(4)19(14-25(28)42-5)7-6-8-27(35)37/h6-7,14,18,21-26,28-31,33,36,38-40H,8-13,15-16H2,1-5H3/t18-,21+,22-,23-,24+,25+,26+,28-,29+,30-,31+,33+,34+,35-/m0/s1. The second-order valence-corrected chi connectivity index (χ2v) is 14.8. The number of aliphatic hydroxyl groups is 4. The lowest BCUT2D eigenvalue weighted by molar-refractivity contribution is -0.299. The molecule has 10 nitrogen and oxygen atoms in total. The number of methoxy groups -OCH3 is 1. The number of hydrogen-bond acceptors (Lipinski definition) is 10. The van der Waals surface area contributed by atoms with Crippen molar-refractivity contribution in [3.8, 4) is 0 Å². The van der Waals surface area contributed by atoms with Gasteiger partial charge in [-0.05, 0) is 80.1 Å². The van der Waals surface area contributed by atoms with Gasteiger partial charge in [0, 0.05) is 20.0 Å². The monoisotopic (exact) mass is 630 g/mol. The first-order chi connectivity index (χ1) is 21.4. The van der Waals surface area contributed by atoms with E-state index in [-0.39, 0.29) is 42.0 Å². The maximum absolute atomic E-state index is 13.4. The number of hydrogen-bond donors (Lipinski definition) is 4. The average Bonchev–Trinajstić information content (AvgIpc) is 3.37. The summed E-state index contributed by atoms with van der Waals surface area (Å²) in [6, 6.07) is 0. The van der Waals surface area contributed by atoms with E-state index in [0.29, 0.717) is 36.0 Å². The molecule has 45 heavy (non-hydrogen) atoms. The van der Waals surface area contributed by atoms with Crippen molar-refractivity contribution in [1.29, 1.82) is 0 Å². The maximum atomic E-state index is 13.4. The van der Waals surface area contributed by atoms with Crippen molar-refractivity contribution in [3.63, 3.8) is 0 Å². The third-order valence-corrected chi connectivity index (χ3v) is 12.9. The van der Waals surface area contributed by atoms with Gasteiger partial charge in [-0.3, -0.25) is 4.79 Å². The zero-order chi connectivity index (χ0) is 32.4. The third kappa shape index (κ3) is 5.19. The van der Waals surface area contributed by atoms with E-state index in [1.54, 1.807) is 7.11 Å². The fourth-order valence-corrected chi connectivity index (χ4v) is 10.2. The van der Waals surface area contributed by atoms with Gasteiger partial charge in [-0.2, -0.15) is 0 Å². The predicted octanol–water partition coefficient (Wildman–Crippen LogP) is 2.62. The average molecular weight is 631 g/mol. The molecule has 0 aromatic heterocycles. The Morgan fingerprint density at radius 3 is 2.51 bits per heavy atom. The Kier molecular flexibility index (Phi) is 9.00. The summed E-state index contributed by atoms with van der Waals surface area (Å²) in [5.41, 5.74) is 1.87. The number of carbonyl (C=O) groups excluding carboxylic acids is 2. The number of aliphatic hydroxyl groups excluding tert-OH is 4. The van der Waals surface area contributed by atoms with Crippen LogP contribution in [0.3, 0.4) is 0 Å². The van der Waals surface area contributed by atoms with Crippen LogP contribution < -0.4 is 0 Å². The normalized spacial score (nSPS) is 47.0. The van der Waals surface area contributed by atoms with E-state index in [9.17, 15) is 30.0 Å². The van der Waals surface area contributed by atoms with Crippen LogP contribution in [0, 0.1) is 40.4 Å². The van der Waals surface area contributed by atoms with Crippen LogP contribution in [0.1, 0.15) is 66.2 Å². The van der Waals surface area contributed by atoms with Crippen LogP contribution in [-0.2, 0) is 28.5 Å². The van der Waals surface area contributed by atoms with E-state index in [1.807, 2.05) is 13.0 Å². The van der Waals surface area contributed by atoms with E-state index in [2.05, 4.69) is 32.9 Å². The molecule has 6 aliphatic rings. The minimum atomic E-state index is -1.56. The van der Waals surface area contributed by atoms with Crippen molar-refractivity contribution < 1.29 is 49.0 Å². The molecule has 1 saturated heterocycles. The van der Waals surface area contributed by atoms with Crippen molar-refractivity contribution >= 4 is 11.8 Å². The Morgan fingerprint density at radius 1 is 1.07 bits per heavy atom. The molecule has 0 unspecified atom stereocenters. The van der Waals surface area contributed by atoms with Crippen molar-refractivity contribution in [2.24, 2.45) is 40.4 Å². The maximum Gasteiger partial charge on any atom is 0.336 e. The third-order valence-electron chi connectivity index (χ3n) is 12.9. The summed E-state index contributed by atoms with van der Waals surface area (Å²) in [7, 11) is 1.78. The number of Topliss-reactive ketones (excluding diaryl/α,β-unsaturated/α-hetero) is 1. The van der Waals surface area contributed by atoms with Crippen LogP contribution >= 0.6 is 0 Å². The van der Waals surface area contributed by atoms with Gasteiger partial charge in [0.1, 0.15) is 36.3 Å². The molecule has 4 N–H and O–H groups in total. The zero-order valence-electron chi connectivity index (χ0n) is 27.1. The first kappa shape index (κ1) is 33.0. The fraction of sp³-hybridized carbons (Fsp3) is 0.771. The molecule has 0 spiro atoms. The molecule has 250 valence electrons. The first-order valence-electron chi connectivity index (χ1n) is 16.6. The van der Waals surface area contributed by atoms with E-state index in [1.165, 1.54) is 0 Å². The highest BCUT2D eigenvalue weighted by Gasteiger charge is 2.63. The molecule has 0 aromatic carbocycles. The topological polar surface area (TPSA) is 152 Å². The molecule has 2 aliphatic heterocycles. The van der Waals surface area contributed by atoms with Gasteiger partial charge in [0.05, 0.1) is 30.3 Å². The van der Waals surface area contributed by atoms with Crippen molar-refractivity contribution in [2.45, 2.75) is 109 Å². The highest BCUT2D eigenvalue weighted by Crippen LogP contribution is 2.67. The first-order valence-corrected chi connectivity index (χ1v) is 16.6. The summed E-state index contributed by atoms with van der Waals surface area (Å²) in [5.74, 6) is 1.22. The molecule has 4 aliphatic carbocycles. The van der Waals surface area contributed by atoms with E-state index < -0.39 is 48.7 Å². The van der Waals surface area contributed by atoms with E-state index in [4.69, 9.17) is 18.9 Å². The number of esters is 1. The van der Waals surface area contributed by atoms with Crippen molar-refractivity contribution in [1.82, 2.24) is 0 Å².